The van der Waals surface area contributed by atoms with E-state index in [1.54, 1.807) is 36.4 Å². The molecule has 0 aliphatic rings. The fraction of sp³-hybridized carbons (Fsp3) is 0.0455. The lowest BCUT2D eigenvalue weighted by Crippen LogP contribution is -2.18. The number of halogens is 3. The predicted octanol–water partition coefficient (Wildman–Crippen LogP) is 5.75. The highest BCUT2D eigenvalue weighted by atomic mass is 79.9. The molecule has 0 heterocycles. The molecule has 3 rings (SSSR count). The number of hydrogen-bond donors (Lipinski definition) is 1. The van der Waals surface area contributed by atoms with Gasteiger partial charge in [-0.15, -0.1) is 0 Å². The highest BCUT2D eigenvalue weighted by Gasteiger charge is 2.14. The van der Waals surface area contributed by atoms with Crippen molar-refractivity contribution in [2.45, 2.75) is 0 Å². The van der Waals surface area contributed by atoms with Crippen molar-refractivity contribution in [3.8, 4) is 11.5 Å². The summed E-state index contributed by atoms with van der Waals surface area (Å²) in [7, 11) is 1.45. The Hall–Kier alpha value is -2.87. The largest absolute Gasteiger partial charge is 0.493 e. The van der Waals surface area contributed by atoms with E-state index >= 15 is 0 Å². The molecule has 9 heteroatoms. The van der Waals surface area contributed by atoms with Crippen molar-refractivity contribution >= 4 is 57.2 Å². The van der Waals surface area contributed by atoms with Crippen LogP contribution in [0.5, 0.6) is 11.5 Å². The number of esters is 1. The molecule has 0 radical (unpaired) electrons. The monoisotopic (exact) mass is 520 g/mol. The minimum Gasteiger partial charge on any atom is -0.493 e. The van der Waals surface area contributed by atoms with E-state index in [4.69, 9.17) is 32.7 Å². The molecule has 0 bridgehead atoms. The summed E-state index contributed by atoms with van der Waals surface area (Å²) >= 11 is 15.1. The summed E-state index contributed by atoms with van der Waals surface area (Å²) in [5.41, 5.74) is 3.79. The highest BCUT2D eigenvalue weighted by molar-refractivity contribution is 9.10. The van der Waals surface area contributed by atoms with E-state index in [2.05, 4.69) is 26.5 Å². The van der Waals surface area contributed by atoms with Crippen LogP contribution in [0.2, 0.25) is 10.0 Å². The lowest BCUT2D eigenvalue weighted by atomic mass is 10.2. The van der Waals surface area contributed by atoms with E-state index in [1.807, 2.05) is 6.07 Å². The molecule has 0 aliphatic heterocycles. The number of amides is 1. The lowest BCUT2D eigenvalue weighted by Gasteiger charge is -2.10. The molecular formula is C22H15BrCl2N2O4. The SMILES string of the molecule is COc1cc(/C=N/NC(=O)c2ccccc2Br)ccc1OC(=O)c1ccc(Cl)c(Cl)c1. The first kappa shape index (κ1) is 22.8. The average molecular weight is 522 g/mol. The van der Waals surface area contributed by atoms with Crippen LogP contribution >= 0.6 is 39.1 Å². The zero-order valence-electron chi connectivity index (χ0n) is 16.1. The molecule has 31 heavy (non-hydrogen) atoms. The van der Waals surface area contributed by atoms with Gasteiger partial charge in [0.2, 0.25) is 0 Å². The Labute approximate surface area is 196 Å². The van der Waals surface area contributed by atoms with Gasteiger partial charge in [-0.2, -0.15) is 5.10 Å². The van der Waals surface area contributed by atoms with Crippen molar-refractivity contribution in [1.29, 1.82) is 0 Å². The van der Waals surface area contributed by atoms with Gasteiger partial charge in [-0.3, -0.25) is 4.79 Å². The summed E-state index contributed by atoms with van der Waals surface area (Å²) in [5, 5.41) is 4.54. The maximum Gasteiger partial charge on any atom is 0.343 e. The minimum absolute atomic E-state index is 0.216. The van der Waals surface area contributed by atoms with E-state index in [9.17, 15) is 9.59 Å². The van der Waals surface area contributed by atoms with E-state index in [0.717, 1.165) is 0 Å². The van der Waals surface area contributed by atoms with Gasteiger partial charge < -0.3 is 9.47 Å². The Morgan fingerprint density at radius 1 is 1.00 bits per heavy atom. The van der Waals surface area contributed by atoms with E-state index in [0.29, 0.717) is 26.4 Å². The van der Waals surface area contributed by atoms with Crippen molar-refractivity contribution in [2.24, 2.45) is 5.10 Å². The zero-order valence-corrected chi connectivity index (χ0v) is 19.2. The first-order valence-corrected chi connectivity index (χ1v) is 10.4. The van der Waals surface area contributed by atoms with Crippen molar-refractivity contribution in [3.63, 3.8) is 0 Å². The van der Waals surface area contributed by atoms with Gasteiger partial charge in [0.25, 0.3) is 5.91 Å². The van der Waals surface area contributed by atoms with Crippen LogP contribution in [0.1, 0.15) is 26.3 Å². The third-order valence-electron chi connectivity index (χ3n) is 4.04. The van der Waals surface area contributed by atoms with Gasteiger partial charge in [-0.05, 0) is 70.0 Å². The first-order chi connectivity index (χ1) is 14.9. The molecule has 0 saturated carbocycles. The maximum absolute atomic E-state index is 12.4. The first-order valence-electron chi connectivity index (χ1n) is 8.82. The third-order valence-corrected chi connectivity index (χ3v) is 5.47. The van der Waals surface area contributed by atoms with Crippen LogP contribution in [0.15, 0.2) is 70.2 Å². The van der Waals surface area contributed by atoms with Gasteiger partial charge in [0.15, 0.2) is 11.5 Å². The Morgan fingerprint density at radius 3 is 2.48 bits per heavy atom. The summed E-state index contributed by atoms with van der Waals surface area (Å²) in [5.74, 6) is -0.440. The van der Waals surface area contributed by atoms with Crippen LogP contribution in [-0.4, -0.2) is 25.2 Å². The van der Waals surface area contributed by atoms with Gasteiger partial charge in [0.1, 0.15) is 0 Å². The molecule has 0 spiro atoms. The number of rotatable bonds is 6. The molecule has 0 saturated heterocycles. The molecule has 1 N–H and O–H groups in total. The Morgan fingerprint density at radius 2 is 1.77 bits per heavy atom. The summed E-state index contributed by atoms with van der Waals surface area (Å²) in [4.78, 5) is 24.6. The molecular weight excluding hydrogens is 507 g/mol. The highest BCUT2D eigenvalue weighted by Crippen LogP contribution is 2.29. The Bertz CT molecular complexity index is 1170. The van der Waals surface area contributed by atoms with Crippen molar-refractivity contribution < 1.29 is 19.1 Å². The third kappa shape index (κ3) is 5.85. The molecule has 0 atom stereocenters. The standard InChI is InChI=1S/C22H15BrCl2N2O4/c1-30-20-10-13(12-26-27-21(28)15-4-2-3-5-16(15)23)6-9-19(20)31-22(29)14-7-8-17(24)18(25)11-14/h2-12H,1H3,(H,27,28)/b26-12+. The van der Waals surface area contributed by atoms with Gasteiger partial charge in [-0.25, -0.2) is 10.2 Å². The number of carbonyl (C=O) groups excluding carboxylic acids is 2. The summed E-state index contributed by atoms with van der Waals surface area (Å²) in [6.07, 6.45) is 1.45. The zero-order chi connectivity index (χ0) is 22.4. The number of ether oxygens (including phenoxy) is 2. The number of benzene rings is 3. The van der Waals surface area contributed by atoms with Crippen LogP contribution in [0.3, 0.4) is 0 Å². The maximum atomic E-state index is 12.4. The van der Waals surface area contributed by atoms with Gasteiger partial charge in [0, 0.05) is 4.47 Å². The van der Waals surface area contributed by atoms with Crippen molar-refractivity contribution in [2.75, 3.05) is 7.11 Å². The smallest absolute Gasteiger partial charge is 0.343 e. The predicted molar refractivity (Wildman–Crippen MR) is 124 cm³/mol. The fourth-order valence-corrected chi connectivity index (χ4v) is 3.26. The summed E-state index contributed by atoms with van der Waals surface area (Å²) < 4.78 is 11.4. The molecule has 0 aliphatic carbocycles. The van der Waals surface area contributed by atoms with Crippen LogP contribution in [-0.2, 0) is 0 Å². The molecule has 6 nitrogen and oxygen atoms in total. The number of methoxy groups -OCH3 is 1. The number of carbonyl (C=O) groups is 2. The van der Waals surface area contributed by atoms with Crippen molar-refractivity contribution in [3.05, 3.63) is 91.9 Å². The van der Waals surface area contributed by atoms with Gasteiger partial charge in [0.05, 0.1) is 34.5 Å². The fourth-order valence-electron chi connectivity index (χ4n) is 2.50. The molecule has 0 unspecified atom stereocenters. The average Bonchev–Trinajstić information content (AvgIpc) is 2.76. The van der Waals surface area contributed by atoms with Crippen LogP contribution in [0.4, 0.5) is 0 Å². The van der Waals surface area contributed by atoms with E-state index in [1.165, 1.54) is 31.5 Å². The van der Waals surface area contributed by atoms with E-state index in [-0.39, 0.29) is 22.2 Å². The Balaban J connectivity index is 1.70. The quantitative estimate of drug-likeness (QED) is 0.194. The van der Waals surface area contributed by atoms with Crippen LogP contribution in [0.25, 0.3) is 0 Å². The normalized spacial score (nSPS) is 10.7. The summed E-state index contributed by atoms with van der Waals surface area (Å²) in [6.45, 7) is 0. The summed E-state index contributed by atoms with van der Waals surface area (Å²) in [6, 6.07) is 16.3. The molecule has 0 aromatic heterocycles. The van der Waals surface area contributed by atoms with Gasteiger partial charge in [-0.1, -0.05) is 35.3 Å². The minimum atomic E-state index is -0.612. The Kier molecular flexibility index (Phi) is 7.68. The molecule has 3 aromatic rings. The molecule has 158 valence electrons. The second-order valence-electron chi connectivity index (χ2n) is 6.11. The number of hydrogen-bond acceptors (Lipinski definition) is 5. The number of nitrogens with one attached hydrogen (secondary N) is 1. The second kappa shape index (κ2) is 10.4. The molecule has 3 aromatic carbocycles. The van der Waals surface area contributed by atoms with Crippen LogP contribution in [0, 0.1) is 0 Å². The lowest BCUT2D eigenvalue weighted by molar-refractivity contribution is 0.0729. The van der Waals surface area contributed by atoms with Crippen LogP contribution < -0.4 is 14.9 Å². The van der Waals surface area contributed by atoms with E-state index < -0.39 is 5.97 Å². The second-order valence-corrected chi connectivity index (χ2v) is 7.78. The van der Waals surface area contributed by atoms with Gasteiger partial charge >= 0.3 is 5.97 Å². The number of hydrazone groups is 1. The van der Waals surface area contributed by atoms with Crippen molar-refractivity contribution in [1.82, 2.24) is 5.43 Å². The number of nitrogens with zero attached hydrogens (tertiary/aromatic N) is 1. The molecule has 0 fully saturated rings. The topological polar surface area (TPSA) is 77.0 Å². The molecule has 1 amide bonds.